The van der Waals surface area contributed by atoms with E-state index in [-0.39, 0.29) is 0 Å². The average Bonchev–Trinajstić information content (AvgIpc) is 2.79. The first-order chi connectivity index (χ1) is 14.5. The van der Waals surface area contributed by atoms with Crippen LogP contribution in [0.1, 0.15) is 11.1 Å². The third-order valence-corrected chi connectivity index (χ3v) is 7.46. The Kier molecular flexibility index (Phi) is 5.73. The molecule has 1 aliphatic heterocycles. The van der Waals surface area contributed by atoms with Crippen molar-refractivity contribution in [2.75, 3.05) is 33.3 Å². The monoisotopic (exact) mass is 421 g/mol. The van der Waals surface area contributed by atoms with Crippen molar-refractivity contribution in [1.82, 2.24) is 9.21 Å². The van der Waals surface area contributed by atoms with Gasteiger partial charge in [-0.05, 0) is 29.8 Å². The number of methoxy groups -OCH3 is 1. The zero-order chi connectivity index (χ0) is 21.1. The standard InChI is InChI=1S/C23H23N3O3S/c1-29-22-10-11-23(21-5-3-2-4-20(21)22)30(27,28)26-14-12-25(13-15-26)17-19-8-6-18(16-24)7-9-19/h2-11H,12-15,17H2,1H3. The summed E-state index contributed by atoms with van der Waals surface area (Å²) in [5.74, 6) is 0.664. The Bertz CT molecular complexity index is 1190. The van der Waals surface area contributed by atoms with Crippen LogP contribution in [-0.4, -0.2) is 50.9 Å². The highest BCUT2D eigenvalue weighted by Crippen LogP contribution is 2.32. The van der Waals surface area contributed by atoms with Gasteiger partial charge in [-0.1, -0.05) is 36.4 Å². The molecule has 3 aromatic carbocycles. The van der Waals surface area contributed by atoms with Crippen LogP contribution in [0, 0.1) is 11.3 Å². The molecule has 4 rings (SSSR count). The molecule has 7 heteroatoms. The quantitative estimate of drug-likeness (QED) is 0.632. The molecule has 0 amide bonds. The first-order valence-corrected chi connectivity index (χ1v) is 11.2. The van der Waals surface area contributed by atoms with Gasteiger partial charge in [0.1, 0.15) is 5.75 Å². The minimum absolute atomic E-state index is 0.319. The zero-order valence-electron chi connectivity index (χ0n) is 16.8. The van der Waals surface area contributed by atoms with Crippen LogP contribution in [0.2, 0.25) is 0 Å². The molecule has 0 radical (unpaired) electrons. The number of rotatable bonds is 5. The average molecular weight is 422 g/mol. The molecule has 0 spiro atoms. The number of piperazine rings is 1. The molecule has 0 aliphatic carbocycles. The summed E-state index contributed by atoms with van der Waals surface area (Å²) in [6.45, 7) is 2.95. The summed E-state index contributed by atoms with van der Waals surface area (Å²) >= 11 is 0. The summed E-state index contributed by atoms with van der Waals surface area (Å²) in [4.78, 5) is 2.55. The fourth-order valence-corrected chi connectivity index (χ4v) is 5.47. The highest BCUT2D eigenvalue weighted by atomic mass is 32.2. The van der Waals surface area contributed by atoms with Gasteiger partial charge >= 0.3 is 0 Å². The van der Waals surface area contributed by atoms with Crippen molar-refractivity contribution < 1.29 is 13.2 Å². The van der Waals surface area contributed by atoms with E-state index < -0.39 is 10.0 Å². The predicted molar refractivity (Wildman–Crippen MR) is 116 cm³/mol. The first-order valence-electron chi connectivity index (χ1n) is 9.80. The lowest BCUT2D eigenvalue weighted by molar-refractivity contribution is 0.181. The lowest BCUT2D eigenvalue weighted by Crippen LogP contribution is -2.48. The van der Waals surface area contributed by atoms with Gasteiger partial charge in [-0.15, -0.1) is 0 Å². The van der Waals surface area contributed by atoms with Gasteiger partial charge < -0.3 is 4.74 Å². The second kappa shape index (κ2) is 8.44. The molecule has 6 nitrogen and oxygen atoms in total. The molecule has 0 atom stereocenters. The van der Waals surface area contributed by atoms with Crippen LogP contribution in [0.15, 0.2) is 65.6 Å². The summed E-state index contributed by atoms with van der Waals surface area (Å²) in [6.07, 6.45) is 0. The maximum atomic E-state index is 13.4. The van der Waals surface area contributed by atoms with E-state index in [0.717, 1.165) is 17.5 Å². The summed E-state index contributed by atoms with van der Waals surface area (Å²) in [5.41, 5.74) is 1.76. The van der Waals surface area contributed by atoms with E-state index in [1.54, 1.807) is 23.5 Å². The number of ether oxygens (including phenoxy) is 1. The van der Waals surface area contributed by atoms with Crippen LogP contribution in [0.3, 0.4) is 0 Å². The zero-order valence-corrected chi connectivity index (χ0v) is 17.6. The van der Waals surface area contributed by atoms with Crippen molar-refractivity contribution in [3.05, 3.63) is 71.8 Å². The predicted octanol–water partition coefficient (Wildman–Crippen LogP) is 3.23. The molecule has 1 heterocycles. The molecule has 154 valence electrons. The summed E-state index contributed by atoms with van der Waals surface area (Å²) in [6, 6.07) is 20.4. The largest absolute Gasteiger partial charge is 0.496 e. The van der Waals surface area contributed by atoms with Crippen molar-refractivity contribution >= 4 is 20.8 Å². The number of hydrogen-bond donors (Lipinski definition) is 0. The van der Waals surface area contributed by atoms with Crippen LogP contribution >= 0.6 is 0 Å². The Morgan fingerprint density at radius 3 is 2.23 bits per heavy atom. The Morgan fingerprint density at radius 1 is 0.933 bits per heavy atom. The number of benzene rings is 3. The molecule has 0 N–H and O–H groups in total. The van der Waals surface area contributed by atoms with Gasteiger partial charge in [0, 0.05) is 43.5 Å². The van der Waals surface area contributed by atoms with E-state index in [2.05, 4.69) is 11.0 Å². The fraction of sp³-hybridized carbons (Fsp3) is 0.261. The Balaban J connectivity index is 1.50. The minimum Gasteiger partial charge on any atom is -0.496 e. The van der Waals surface area contributed by atoms with Gasteiger partial charge in [0.15, 0.2) is 0 Å². The van der Waals surface area contributed by atoms with Crippen LogP contribution in [0.5, 0.6) is 5.75 Å². The number of hydrogen-bond acceptors (Lipinski definition) is 5. The van der Waals surface area contributed by atoms with Crippen molar-refractivity contribution in [2.45, 2.75) is 11.4 Å². The molecule has 1 saturated heterocycles. The lowest BCUT2D eigenvalue weighted by Gasteiger charge is -2.34. The number of sulfonamides is 1. The SMILES string of the molecule is COc1ccc(S(=O)(=O)N2CCN(Cc3ccc(C#N)cc3)CC2)c2ccccc12. The highest BCUT2D eigenvalue weighted by Gasteiger charge is 2.30. The second-order valence-electron chi connectivity index (χ2n) is 7.30. The molecule has 1 aliphatic rings. The third kappa shape index (κ3) is 3.90. The molecule has 1 fully saturated rings. The minimum atomic E-state index is -3.60. The molecule has 3 aromatic rings. The van der Waals surface area contributed by atoms with Gasteiger partial charge in [-0.25, -0.2) is 8.42 Å². The van der Waals surface area contributed by atoms with Crippen molar-refractivity contribution in [3.8, 4) is 11.8 Å². The molecule has 0 saturated carbocycles. The highest BCUT2D eigenvalue weighted by molar-refractivity contribution is 7.89. The topological polar surface area (TPSA) is 73.6 Å². The van der Waals surface area contributed by atoms with Gasteiger partial charge in [-0.3, -0.25) is 4.90 Å². The molecule has 0 unspecified atom stereocenters. The molecular weight excluding hydrogens is 398 g/mol. The summed E-state index contributed by atoms with van der Waals surface area (Å²) in [7, 11) is -2.02. The van der Waals surface area contributed by atoms with Crippen LogP contribution in [0.25, 0.3) is 10.8 Å². The molecular formula is C23H23N3O3S. The van der Waals surface area contributed by atoms with E-state index in [4.69, 9.17) is 10.00 Å². The number of nitrogens with zero attached hydrogens (tertiary/aromatic N) is 3. The smallest absolute Gasteiger partial charge is 0.243 e. The Hall–Kier alpha value is -2.92. The second-order valence-corrected chi connectivity index (χ2v) is 9.21. The van der Waals surface area contributed by atoms with Crippen LogP contribution in [-0.2, 0) is 16.6 Å². The molecule has 0 bridgehead atoms. The van der Waals surface area contributed by atoms with E-state index in [0.29, 0.717) is 47.8 Å². The summed E-state index contributed by atoms with van der Waals surface area (Å²) in [5, 5.41) is 10.4. The maximum absolute atomic E-state index is 13.4. The van der Waals surface area contributed by atoms with Gasteiger partial charge in [0.25, 0.3) is 0 Å². The Morgan fingerprint density at radius 2 is 1.60 bits per heavy atom. The molecule has 30 heavy (non-hydrogen) atoms. The van der Waals surface area contributed by atoms with Crippen molar-refractivity contribution in [1.29, 1.82) is 5.26 Å². The summed E-state index contributed by atoms with van der Waals surface area (Å²) < 4.78 is 33.7. The maximum Gasteiger partial charge on any atom is 0.243 e. The number of fused-ring (bicyclic) bond motifs is 1. The number of nitriles is 1. The fourth-order valence-electron chi connectivity index (χ4n) is 3.86. The van der Waals surface area contributed by atoms with E-state index in [9.17, 15) is 8.42 Å². The van der Waals surface area contributed by atoms with Crippen molar-refractivity contribution in [3.63, 3.8) is 0 Å². The normalized spacial score (nSPS) is 15.7. The van der Waals surface area contributed by atoms with Crippen LogP contribution in [0.4, 0.5) is 0 Å². The first kappa shape index (κ1) is 20.4. The van der Waals surface area contributed by atoms with Gasteiger partial charge in [-0.2, -0.15) is 9.57 Å². The third-order valence-electron chi connectivity index (χ3n) is 5.50. The lowest BCUT2D eigenvalue weighted by atomic mass is 10.1. The van der Waals surface area contributed by atoms with Crippen LogP contribution < -0.4 is 4.74 Å². The van der Waals surface area contributed by atoms with Gasteiger partial charge in [0.2, 0.25) is 10.0 Å². The van der Waals surface area contributed by atoms with E-state index in [1.807, 2.05) is 48.5 Å². The van der Waals surface area contributed by atoms with Crippen molar-refractivity contribution in [2.24, 2.45) is 0 Å². The van der Waals surface area contributed by atoms with Gasteiger partial charge in [0.05, 0.1) is 23.6 Å². The van der Waals surface area contributed by atoms with E-state index in [1.165, 1.54) is 0 Å². The Labute approximate surface area is 177 Å². The molecule has 0 aromatic heterocycles. The van der Waals surface area contributed by atoms with E-state index >= 15 is 0 Å².